The van der Waals surface area contributed by atoms with Crippen molar-refractivity contribution in [2.45, 2.75) is 134 Å². The van der Waals surface area contributed by atoms with E-state index in [0.717, 1.165) is 94.8 Å². The van der Waals surface area contributed by atoms with Crippen LogP contribution in [0.4, 0.5) is 18.0 Å². The zero-order chi connectivity index (χ0) is 39.0. The van der Waals surface area contributed by atoms with Gasteiger partial charge in [0.25, 0.3) is 0 Å². The van der Waals surface area contributed by atoms with E-state index < -0.39 is 41.7 Å². The summed E-state index contributed by atoms with van der Waals surface area (Å²) in [5.74, 6) is 0.500. The maximum absolute atomic E-state index is 14.1. The Morgan fingerprint density at radius 1 is 0.875 bits per heavy atom. The van der Waals surface area contributed by atoms with Crippen LogP contribution in [-0.2, 0) is 30.2 Å². The lowest BCUT2D eigenvalue weighted by Crippen LogP contribution is -2.50. The number of benzene rings is 3. The van der Waals surface area contributed by atoms with Crippen molar-refractivity contribution in [2.75, 3.05) is 19.6 Å². The number of unbranched alkanes of at least 4 members (excludes halogenated alkanes) is 2. The normalized spacial score (nSPS) is 33.5. The number of carbonyl (C=O) groups is 1. The zero-order valence-electron chi connectivity index (χ0n) is 32.2. The van der Waals surface area contributed by atoms with Crippen molar-refractivity contribution < 1.29 is 42.0 Å². The van der Waals surface area contributed by atoms with Gasteiger partial charge in [-0.15, -0.1) is 0 Å². The van der Waals surface area contributed by atoms with Gasteiger partial charge < -0.3 is 19.1 Å². The van der Waals surface area contributed by atoms with Crippen LogP contribution in [0, 0.1) is 29.1 Å². The molecule has 12 heteroatoms. The number of fused-ring (bicyclic) bond motifs is 7. The van der Waals surface area contributed by atoms with E-state index in [9.17, 15) is 18.0 Å². The highest BCUT2D eigenvalue weighted by molar-refractivity contribution is 6.39. The largest absolute Gasteiger partial charge is 0.509 e. The van der Waals surface area contributed by atoms with Gasteiger partial charge in [0.15, 0.2) is 0 Å². The van der Waals surface area contributed by atoms with E-state index in [4.69, 9.17) is 47.2 Å². The van der Waals surface area contributed by atoms with Crippen molar-refractivity contribution in [3.8, 4) is 0 Å². The lowest BCUT2D eigenvalue weighted by molar-refractivity contribution is -0.376. The summed E-state index contributed by atoms with van der Waals surface area (Å²) in [5.41, 5.74) is 0.269. The fourth-order valence-corrected chi connectivity index (χ4v) is 12.5. The van der Waals surface area contributed by atoms with E-state index in [1.807, 2.05) is 6.07 Å². The van der Waals surface area contributed by atoms with E-state index in [2.05, 4.69) is 18.7 Å². The maximum Gasteiger partial charge on any atom is 0.509 e. The molecule has 3 bridgehead atoms. The molecule has 6 aliphatic rings. The molecule has 7 nitrogen and oxygen atoms in total. The summed E-state index contributed by atoms with van der Waals surface area (Å²) in [4.78, 5) is 28.9. The second-order valence-corrected chi connectivity index (χ2v) is 18.6. The molecule has 7 atom stereocenters. The van der Waals surface area contributed by atoms with Gasteiger partial charge in [0.1, 0.15) is 12.2 Å². The molecule has 0 radical (unpaired) electrons. The van der Waals surface area contributed by atoms with E-state index in [1.54, 1.807) is 12.1 Å². The van der Waals surface area contributed by atoms with Crippen LogP contribution in [0.5, 0.6) is 0 Å². The predicted molar refractivity (Wildman–Crippen MR) is 208 cm³/mol. The fourth-order valence-electron chi connectivity index (χ4n) is 11.9. The fraction of sp³-hybridized carbons (Fsp3) is 0.659. The van der Waals surface area contributed by atoms with Gasteiger partial charge >= 0.3 is 12.3 Å². The third kappa shape index (κ3) is 6.70. The molecule has 1 saturated heterocycles. The Balaban J connectivity index is 0.987. The molecule has 3 spiro atoms. The second kappa shape index (κ2) is 14.7. The van der Waals surface area contributed by atoms with Gasteiger partial charge in [-0.3, -0.25) is 0 Å². The first-order valence-electron chi connectivity index (χ1n) is 20.9. The smallest absolute Gasteiger partial charge is 0.431 e. The highest BCUT2D eigenvalue weighted by Crippen LogP contribution is 2.79. The average molecular weight is 819 g/mol. The van der Waals surface area contributed by atoms with Crippen molar-refractivity contribution in [3.63, 3.8) is 0 Å². The van der Waals surface area contributed by atoms with Crippen LogP contribution in [0.1, 0.15) is 121 Å². The number of carbonyl (C=O) groups excluding carboxylic acids is 1. The monoisotopic (exact) mass is 817 g/mol. The molecule has 7 unspecified atom stereocenters. The third-order valence-corrected chi connectivity index (χ3v) is 15.1. The Kier molecular flexibility index (Phi) is 10.3. The van der Waals surface area contributed by atoms with Crippen molar-refractivity contribution in [1.29, 1.82) is 0 Å². The minimum atomic E-state index is -4.57. The summed E-state index contributed by atoms with van der Waals surface area (Å²) in [6.07, 6.45) is 6.01. The molecule has 304 valence electrons. The standard InChI is InChI=1S/C44H52Cl2F3NO6/c1-3-5-13-50(14-6-4-2)15-11-39(37-22-36-35(20-31(45)21-38(36)46)34-19-26(44(47,48)49)9-10-33(34)37)53-40(51)52-32-8-7-12-42(25-32)54-43(56-55-42)29-17-27-16-28-18-30(43)24-41(27,28)23-29/h9-10,19-22,27-30,32,39H,3-8,11-18,23-25H2,1-2H3. The molecule has 3 aromatic rings. The molecule has 9 rings (SSSR count). The number of alkyl halides is 3. The molecular formula is C44H52Cl2F3NO6. The van der Waals surface area contributed by atoms with Gasteiger partial charge in [-0.2, -0.15) is 22.9 Å². The molecule has 1 heterocycles. The molecule has 6 fully saturated rings. The number of hydrogen-bond donors (Lipinski definition) is 0. The van der Waals surface area contributed by atoms with Crippen LogP contribution in [0.15, 0.2) is 36.4 Å². The minimum Gasteiger partial charge on any atom is -0.431 e. The number of hydrogen-bond acceptors (Lipinski definition) is 7. The van der Waals surface area contributed by atoms with Crippen LogP contribution in [0.25, 0.3) is 21.5 Å². The quantitative estimate of drug-likeness (QED) is 0.102. The number of ether oxygens (including phenoxy) is 3. The number of nitrogens with zero attached hydrogens (tertiary/aromatic N) is 1. The molecule has 0 N–H and O–H groups in total. The molecular weight excluding hydrogens is 766 g/mol. The van der Waals surface area contributed by atoms with Crippen molar-refractivity contribution in [1.82, 2.24) is 4.90 Å². The summed E-state index contributed by atoms with van der Waals surface area (Å²) in [6.45, 7) is 6.71. The molecule has 1 aliphatic heterocycles. The second-order valence-electron chi connectivity index (χ2n) is 17.8. The van der Waals surface area contributed by atoms with Gasteiger partial charge in [-0.25, -0.2) is 4.79 Å². The summed E-state index contributed by atoms with van der Waals surface area (Å²) < 4.78 is 61.6. The number of rotatable bonds is 12. The van der Waals surface area contributed by atoms with Crippen molar-refractivity contribution in [3.05, 3.63) is 57.6 Å². The van der Waals surface area contributed by atoms with Crippen LogP contribution >= 0.6 is 23.2 Å². The molecule has 5 saturated carbocycles. The lowest BCUT2D eigenvalue weighted by atomic mass is 9.56. The predicted octanol–water partition coefficient (Wildman–Crippen LogP) is 12.6. The van der Waals surface area contributed by atoms with E-state index in [0.29, 0.717) is 86.6 Å². The number of halogens is 5. The van der Waals surface area contributed by atoms with Crippen LogP contribution in [0.2, 0.25) is 10.0 Å². The van der Waals surface area contributed by atoms with Gasteiger partial charge in [0.2, 0.25) is 11.6 Å². The van der Waals surface area contributed by atoms with Gasteiger partial charge in [0, 0.05) is 58.6 Å². The zero-order valence-corrected chi connectivity index (χ0v) is 33.7. The van der Waals surface area contributed by atoms with E-state index >= 15 is 0 Å². The molecule has 5 aliphatic carbocycles. The SMILES string of the molecule is CCCCN(CCCC)CCC(OC(=O)OC1CCCC2(C1)OOC1(O2)C2CC3CC4CC1CC34C2)c1cc2c(Cl)cc(Cl)cc2c2cc(C(F)(F)F)ccc12. The van der Waals surface area contributed by atoms with E-state index in [-0.39, 0.29) is 0 Å². The topological polar surface area (TPSA) is 66.5 Å². The molecule has 0 amide bonds. The van der Waals surface area contributed by atoms with Crippen LogP contribution < -0.4 is 0 Å². The average Bonchev–Trinajstić information content (AvgIpc) is 3.74. The van der Waals surface area contributed by atoms with Gasteiger partial charge in [-0.05, 0) is 135 Å². The van der Waals surface area contributed by atoms with Gasteiger partial charge in [0.05, 0.1) is 5.56 Å². The summed E-state index contributed by atoms with van der Waals surface area (Å²) in [5, 5.41) is 2.46. The Hall–Kier alpha value is -2.34. The molecule has 3 aromatic carbocycles. The van der Waals surface area contributed by atoms with Crippen molar-refractivity contribution >= 4 is 50.9 Å². The third-order valence-electron chi connectivity index (χ3n) is 14.6. The van der Waals surface area contributed by atoms with E-state index in [1.165, 1.54) is 12.5 Å². The maximum atomic E-state index is 14.1. The van der Waals surface area contributed by atoms with Crippen molar-refractivity contribution in [2.24, 2.45) is 29.1 Å². The Morgan fingerprint density at radius 2 is 1.57 bits per heavy atom. The Morgan fingerprint density at radius 3 is 2.27 bits per heavy atom. The first-order chi connectivity index (χ1) is 26.8. The van der Waals surface area contributed by atoms with Crippen LogP contribution in [0.3, 0.4) is 0 Å². The van der Waals surface area contributed by atoms with Crippen LogP contribution in [-0.4, -0.2) is 48.4 Å². The lowest BCUT2D eigenvalue weighted by Gasteiger charge is -2.49. The van der Waals surface area contributed by atoms with Gasteiger partial charge in [-0.1, -0.05) is 56.0 Å². The summed E-state index contributed by atoms with van der Waals surface area (Å²) >= 11 is 13.1. The highest BCUT2D eigenvalue weighted by Gasteiger charge is 2.77. The Labute approximate surface area is 336 Å². The summed E-state index contributed by atoms with van der Waals surface area (Å²) in [7, 11) is 0. The molecule has 0 aromatic heterocycles. The molecule has 56 heavy (non-hydrogen) atoms. The Bertz CT molecular complexity index is 1960. The first kappa shape index (κ1) is 39.1. The summed E-state index contributed by atoms with van der Waals surface area (Å²) in [6, 6.07) is 8.68. The first-order valence-corrected chi connectivity index (χ1v) is 21.7. The minimum absolute atomic E-state index is 0.293. The highest BCUT2D eigenvalue weighted by atomic mass is 35.5.